The van der Waals surface area contributed by atoms with Gasteiger partial charge in [0.2, 0.25) is 0 Å². The molecule has 1 atom stereocenters. The molecule has 1 N–H and O–H groups in total. The van der Waals surface area contributed by atoms with Crippen LogP contribution in [0.25, 0.3) is 0 Å². The Morgan fingerprint density at radius 1 is 1.20 bits per heavy atom. The maximum Gasteiger partial charge on any atom is 0.0794 e. The fourth-order valence-electron chi connectivity index (χ4n) is 2.25. The number of unbranched alkanes of at least 4 members (excludes halogenated alkanes) is 1. The van der Waals surface area contributed by atoms with E-state index in [0.29, 0.717) is 6.04 Å². The fourth-order valence-corrected chi connectivity index (χ4v) is 2.84. The third-order valence-corrected chi connectivity index (χ3v) is 4.25. The highest BCUT2D eigenvalue weighted by molar-refractivity contribution is 7.07. The number of nitrogens with zero attached hydrogens (tertiary/aromatic N) is 1. The van der Waals surface area contributed by atoms with Gasteiger partial charge in [0.15, 0.2) is 0 Å². The maximum absolute atomic E-state index is 4.30. The SMILES string of the molecule is CCCCc1ccc(C(C)NCCc2cscn2)cc1. The fraction of sp³-hybridized carbons (Fsp3) is 0.471. The molecule has 1 aromatic carbocycles. The second kappa shape index (κ2) is 8.18. The smallest absolute Gasteiger partial charge is 0.0794 e. The molecular weight excluding hydrogens is 264 g/mol. The normalized spacial score (nSPS) is 12.5. The minimum atomic E-state index is 0.397. The van der Waals surface area contributed by atoms with E-state index in [1.807, 2.05) is 5.51 Å². The summed E-state index contributed by atoms with van der Waals surface area (Å²) in [5.74, 6) is 0. The zero-order valence-electron chi connectivity index (χ0n) is 12.4. The van der Waals surface area contributed by atoms with E-state index >= 15 is 0 Å². The van der Waals surface area contributed by atoms with Crippen molar-refractivity contribution in [3.8, 4) is 0 Å². The van der Waals surface area contributed by atoms with Gasteiger partial charge in [0.1, 0.15) is 0 Å². The van der Waals surface area contributed by atoms with Gasteiger partial charge in [-0.3, -0.25) is 0 Å². The lowest BCUT2D eigenvalue weighted by Gasteiger charge is -2.14. The maximum atomic E-state index is 4.30. The number of aromatic nitrogens is 1. The minimum absolute atomic E-state index is 0.397. The standard InChI is InChI=1S/C17H24N2S/c1-3-4-5-15-6-8-16(9-7-15)14(2)18-11-10-17-12-20-13-19-17/h6-9,12-14,18H,3-5,10-11H2,1-2H3. The molecule has 0 saturated carbocycles. The van der Waals surface area contributed by atoms with Gasteiger partial charge < -0.3 is 5.32 Å². The van der Waals surface area contributed by atoms with Crippen LogP contribution in [0.2, 0.25) is 0 Å². The van der Waals surface area contributed by atoms with E-state index in [0.717, 1.165) is 13.0 Å². The molecule has 0 amide bonds. The highest BCUT2D eigenvalue weighted by Gasteiger charge is 2.05. The summed E-state index contributed by atoms with van der Waals surface area (Å²) in [7, 11) is 0. The van der Waals surface area contributed by atoms with Crippen LogP contribution in [-0.4, -0.2) is 11.5 Å². The van der Waals surface area contributed by atoms with E-state index in [4.69, 9.17) is 0 Å². The van der Waals surface area contributed by atoms with Crippen LogP contribution in [0.1, 0.15) is 49.6 Å². The Hall–Kier alpha value is -1.19. The molecule has 1 heterocycles. The van der Waals surface area contributed by atoms with Crippen LogP contribution >= 0.6 is 11.3 Å². The Morgan fingerprint density at radius 2 is 2.00 bits per heavy atom. The molecule has 0 spiro atoms. The van der Waals surface area contributed by atoms with Crippen molar-refractivity contribution in [2.45, 2.75) is 45.6 Å². The molecule has 1 unspecified atom stereocenters. The molecule has 0 fully saturated rings. The first kappa shape index (κ1) is 15.2. The Kier molecular flexibility index (Phi) is 6.22. The van der Waals surface area contributed by atoms with Crippen molar-refractivity contribution in [2.75, 3.05) is 6.54 Å². The van der Waals surface area contributed by atoms with Gasteiger partial charge in [-0.05, 0) is 30.9 Å². The van der Waals surface area contributed by atoms with E-state index in [-0.39, 0.29) is 0 Å². The topological polar surface area (TPSA) is 24.9 Å². The van der Waals surface area contributed by atoms with Gasteiger partial charge in [-0.2, -0.15) is 0 Å². The summed E-state index contributed by atoms with van der Waals surface area (Å²) in [4.78, 5) is 4.30. The van der Waals surface area contributed by atoms with Crippen LogP contribution in [0.3, 0.4) is 0 Å². The lowest BCUT2D eigenvalue weighted by molar-refractivity contribution is 0.574. The highest BCUT2D eigenvalue weighted by Crippen LogP contribution is 2.14. The number of aryl methyl sites for hydroxylation is 1. The van der Waals surface area contributed by atoms with Gasteiger partial charge in [0, 0.05) is 24.4 Å². The average Bonchev–Trinajstić information content (AvgIpc) is 2.99. The predicted molar refractivity (Wildman–Crippen MR) is 87.3 cm³/mol. The predicted octanol–water partition coefficient (Wildman–Crippen LogP) is 4.38. The van der Waals surface area contributed by atoms with Gasteiger partial charge >= 0.3 is 0 Å². The van der Waals surface area contributed by atoms with Crippen molar-refractivity contribution >= 4 is 11.3 Å². The molecule has 2 rings (SSSR count). The van der Waals surface area contributed by atoms with Gasteiger partial charge in [0.05, 0.1) is 11.2 Å². The Morgan fingerprint density at radius 3 is 2.65 bits per heavy atom. The van der Waals surface area contributed by atoms with Crippen molar-refractivity contribution in [2.24, 2.45) is 0 Å². The Bertz CT molecular complexity index is 476. The molecule has 0 aliphatic rings. The van der Waals surface area contributed by atoms with Crippen LogP contribution in [-0.2, 0) is 12.8 Å². The summed E-state index contributed by atoms with van der Waals surface area (Å²) < 4.78 is 0. The number of rotatable bonds is 8. The first-order valence-corrected chi connectivity index (χ1v) is 8.43. The molecule has 0 radical (unpaired) electrons. The lowest BCUT2D eigenvalue weighted by Crippen LogP contribution is -2.21. The molecule has 0 saturated heterocycles. The number of nitrogens with one attached hydrogen (secondary N) is 1. The van der Waals surface area contributed by atoms with Crippen molar-refractivity contribution in [1.29, 1.82) is 0 Å². The zero-order chi connectivity index (χ0) is 14.2. The first-order chi connectivity index (χ1) is 9.79. The number of benzene rings is 1. The zero-order valence-corrected chi connectivity index (χ0v) is 13.2. The third-order valence-electron chi connectivity index (χ3n) is 3.61. The molecule has 20 heavy (non-hydrogen) atoms. The van der Waals surface area contributed by atoms with Crippen molar-refractivity contribution in [3.05, 3.63) is 52.0 Å². The van der Waals surface area contributed by atoms with Crippen molar-refractivity contribution < 1.29 is 0 Å². The van der Waals surface area contributed by atoms with E-state index in [1.165, 1.54) is 36.1 Å². The number of hydrogen-bond donors (Lipinski definition) is 1. The van der Waals surface area contributed by atoms with Crippen LogP contribution < -0.4 is 5.32 Å². The first-order valence-electron chi connectivity index (χ1n) is 7.49. The van der Waals surface area contributed by atoms with Crippen LogP contribution in [0.5, 0.6) is 0 Å². The van der Waals surface area contributed by atoms with Crippen LogP contribution in [0, 0.1) is 0 Å². The average molecular weight is 288 g/mol. The molecule has 2 aromatic rings. The summed E-state index contributed by atoms with van der Waals surface area (Å²) in [5.41, 5.74) is 5.90. The quantitative estimate of drug-likeness (QED) is 0.779. The second-order valence-electron chi connectivity index (χ2n) is 5.25. The van der Waals surface area contributed by atoms with Crippen LogP contribution in [0.4, 0.5) is 0 Å². The van der Waals surface area contributed by atoms with E-state index in [1.54, 1.807) is 11.3 Å². The van der Waals surface area contributed by atoms with Gasteiger partial charge in [-0.15, -0.1) is 11.3 Å². The molecule has 3 heteroatoms. The molecule has 2 nitrogen and oxygen atoms in total. The summed E-state index contributed by atoms with van der Waals surface area (Å²) in [6.45, 7) is 5.44. The van der Waals surface area contributed by atoms with Gasteiger partial charge in [-0.25, -0.2) is 4.98 Å². The van der Waals surface area contributed by atoms with E-state index in [2.05, 4.69) is 53.8 Å². The van der Waals surface area contributed by atoms with Crippen molar-refractivity contribution in [1.82, 2.24) is 10.3 Å². The monoisotopic (exact) mass is 288 g/mol. The van der Waals surface area contributed by atoms with Gasteiger partial charge in [0.25, 0.3) is 0 Å². The molecule has 0 aliphatic heterocycles. The Labute approximate surface area is 126 Å². The summed E-state index contributed by atoms with van der Waals surface area (Å²) >= 11 is 1.66. The van der Waals surface area contributed by atoms with E-state index in [9.17, 15) is 0 Å². The summed E-state index contributed by atoms with van der Waals surface area (Å²) in [6.07, 6.45) is 4.74. The molecular formula is C17H24N2S. The minimum Gasteiger partial charge on any atom is -0.310 e. The molecule has 0 aliphatic carbocycles. The largest absolute Gasteiger partial charge is 0.310 e. The van der Waals surface area contributed by atoms with Crippen LogP contribution in [0.15, 0.2) is 35.2 Å². The van der Waals surface area contributed by atoms with Crippen molar-refractivity contribution in [3.63, 3.8) is 0 Å². The highest BCUT2D eigenvalue weighted by atomic mass is 32.1. The van der Waals surface area contributed by atoms with Gasteiger partial charge in [-0.1, -0.05) is 37.6 Å². The molecule has 108 valence electrons. The van der Waals surface area contributed by atoms with E-state index < -0.39 is 0 Å². The third kappa shape index (κ3) is 4.73. The number of hydrogen-bond acceptors (Lipinski definition) is 3. The Balaban J connectivity index is 1.78. The number of thiazole rings is 1. The lowest BCUT2D eigenvalue weighted by atomic mass is 10.0. The molecule has 0 bridgehead atoms. The molecule has 1 aromatic heterocycles. The summed E-state index contributed by atoms with van der Waals surface area (Å²) in [6, 6.07) is 9.44. The second-order valence-corrected chi connectivity index (χ2v) is 5.97. The summed E-state index contributed by atoms with van der Waals surface area (Å²) in [5, 5.41) is 5.68.